The van der Waals surface area contributed by atoms with Gasteiger partial charge in [-0.1, -0.05) is 11.6 Å². The number of pyridine rings is 1. The molecule has 3 aromatic heterocycles. The third-order valence-corrected chi connectivity index (χ3v) is 4.79. The number of anilines is 1. The number of nitrogens with two attached hydrogens (primary N) is 1. The first-order chi connectivity index (χ1) is 12.5. The summed E-state index contributed by atoms with van der Waals surface area (Å²) in [7, 11) is 0. The Kier molecular flexibility index (Phi) is 4.47. The van der Waals surface area contributed by atoms with E-state index in [2.05, 4.69) is 30.6 Å². The fourth-order valence-corrected chi connectivity index (χ4v) is 3.33. The Bertz CT molecular complexity index is 936. The van der Waals surface area contributed by atoms with Crippen LogP contribution < -0.4 is 16.4 Å². The standard InChI is InChI=1S/C17H19ClFN7/c18-10-5-11-12(7-22-14(11)21-6-10)15-23-8-13(19)16(26-15)24-9-17(20)3-1-2-4-25-17/h5-8,25H,1-4,9,20H2,(H,21,22)(H,23,24,26)/t17-/m1/s1. The summed E-state index contributed by atoms with van der Waals surface area (Å²) in [4.78, 5) is 15.7. The van der Waals surface area contributed by atoms with Crippen LogP contribution in [-0.4, -0.2) is 38.7 Å². The van der Waals surface area contributed by atoms with Crippen molar-refractivity contribution in [1.29, 1.82) is 0 Å². The van der Waals surface area contributed by atoms with Gasteiger partial charge >= 0.3 is 0 Å². The van der Waals surface area contributed by atoms with Gasteiger partial charge in [-0.25, -0.2) is 19.3 Å². The maximum atomic E-state index is 14.2. The van der Waals surface area contributed by atoms with Gasteiger partial charge in [0.2, 0.25) is 0 Å². The molecule has 4 heterocycles. The van der Waals surface area contributed by atoms with E-state index in [-0.39, 0.29) is 5.82 Å². The predicted octanol–water partition coefficient (Wildman–Crippen LogP) is 2.65. The lowest BCUT2D eigenvalue weighted by atomic mass is 9.99. The number of fused-ring (bicyclic) bond motifs is 1. The minimum Gasteiger partial charge on any atom is -0.364 e. The third-order valence-electron chi connectivity index (χ3n) is 4.58. The van der Waals surface area contributed by atoms with Gasteiger partial charge < -0.3 is 16.0 Å². The molecule has 1 fully saturated rings. The lowest BCUT2D eigenvalue weighted by Crippen LogP contribution is -2.60. The van der Waals surface area contributed by atoms with Gasteiger partial charge in [0.25, 0.3) is 0 Å². The molecule has 0 bridgehead atoms. The van der Waals surface area contributed by atoms with Crippen LogP contribution in [0.2, 0.25) is 5.02 Å². The summed E-state index contributed by atoms with van der Waals surface area (Å²) in [5.74, 6) is -0.0208. The van der Waals surface area contributed by atoms with Gasteiger partial charge in [-0.2, -0.15) is 0 Å². The summed E-state index contributed by atoms with van der Waals surface area (Å²) in [5.41, 5.74) is 7.12. The first-order valence-corrected chi connectivity index (χ1v) is 8.85. The van der Waals surface area contributed by atoms with E-state index < -0.39 is 11.5 Å². The highest BCUT2D eigenvalue weighted by atomic mass is 35.5. The largest absolute Gasteiger partial charge is 0.364 e. The molecule has 9 heteroatoms. The van der Waals surface area contributed by atoms with Crippen molar-refractivity contribution in [1.82, 2.24) is 25.3 Å². The molecule has 1 atom stereocenters. The van der Waals surface area contributed by atoms with Gasteiger partial charge in [0.15, 0.2) is 17.5 Å². The first kappa shape index (κ1) is 17.1. The second-order valence-corrected chi connectivity index (χ2v) is 6.97. The zero-order valence-electron chi connectivity index (χ0n) is 14.0. The summed E-state index contributed by atoms with van der Waals surface area (Å²) in [5, 5.41) is 7.58. The summed E-state index contributed by atoms with van der Waals surface area (Å²) < 4.78 is 14.2. The number of aromatic amines is 1. The van der Waals surface area contributed by atoms with Gasteiger partial charge in [0.1, 0.15) is 5.65 Å². The lowest BCUT2D eigenvalue weighted by molar-refractivity contribution is 0.276. The molecule has 1 aliphatic rings. The third kappa shape index (κ3) is 3.35. The fourth-order valence-electron chi connectivity index (χ4n) is 3.17. The quantitative estimate of drug-likeness (QED) is 0.559. The van der Waals surface area contributed by atoms with Crippen molar-refractivity contribution >= 4 is 28.5 Å². The Balaban J connectivity index is 1.62. The van der Waals surface area contributed by atoms with Crippen LogP contribution in [0.5, 0.6) is 0 Å². The van der Waals surface area contributed by atoms with Crippen LogP contribution in [-0.2, 0) is 0 Å². The SMILES string of the molecule is N[C@]1(CNc2nc(-c3c[nH]c4ncc(Cl)cc34)ncc2F)CCCCN1. The van der Waals surface area contributed by atoms with Crippen LogP contribution in [0.15, 0.2) is 24.7 Å². The molecule has 0 amide bonds. The van der Waals surface area contributed by atoms with E-state index in [0.29, 0.717) is 28.6 Å². The molecule has 5 N–H and O–H groups in total. The Labute approximate surface area is 154 Å². The van der Waals surface area contributed by atoms with E-state index in [1.165, 1.54) is 0 Å². The zero-order valence-corrected chi connectivity index (χ0v) is 14.8. The van der Waals surface area contributed by atoms with Crippen LogP contribution in [0.4, 0.5) is 10.2 Å². The topological polar surface area (TPSA) is 105 Å². The number of hydrogen-bond donors (Lipinski definition) is 4. The van der Waals surface area contributed by atoms with Crippen LogP contribution in [0.25, 0.3) is 22.4 Å². The Morgan fingerprint density at radius 3 is 3.00 bits per heavy atom. The smallest absolute Gasteiger partial charge is 0.183 e. The van der Waals surface area contributed by atoms with Crippen LogP contribution in [0.1, 0.15) is 19.3 Å². The molecule has 7 nitrogen and oxygen atoms in total. The van der Waals surface area contributed by atoms with E-state index in [9.17, 15) is 4.39 Å². The van der Waals surface area contributed by atoms with Crippen molar-refractivity contribution in [2.45, 2.75) is 24.9 Å². The maximum absolute atomic E-state index is 14.2. The molecule has 0 saturated carbocycles. The molecular weight excluding hydrogens is 357 g/mol. The predicted molar refractivity (Wildman–Crippen MR) is 99.3 cm³/mol. The molecule has 0 aliphatic carbocycles. The first-order valence-electron chi connectivity index (χ1n) is 8.47. The van der Waals surface area contributed by atoms with Gasteiger partial charge in [0.05, 0.1) is 16.9 Å². The molecule has 1 saturated heterocycles. The highest BCUT2D eigenvalue weighted by Crippen LogP contribution is 2.28. The summed E-state index contributed by atoms with van der Waals surface area (Å²) in [6, 6.07) is 1.77. The number of H-pyrrole nitrogens is 1. The molecular formula is C17H19ClFN7. The fraction of sp³-hybridized carbons (Fsp3) is 0.353. The maximum Gasteiger partial charge on any atom is 0.183 e. The van der Waals surface area contributed by atoms with E-state index >= 15 is 0 Å². The van der Waals surface area contributed by atoms with Crippen LogP contribution >= 0.6 is 11.6 Å². The molecule has 0 spiro atoms. The van der Waals surface area contributed by atoms with E-state index in [1.54, 1.807) is 18.5 Å². The molecule has 136 valence electrons. The Hall–Kier alpha value is -2.29. The highest BCUT2D eigenvalue weighted by molar-refractivity contribution is 6.31. The number of nitrogens with one attached hydrogen (secondary N) is 3. The Morgan fingerprint density at radius 2 is 2.19 bits per heavy atom. The van der Waals surface area contributed by atoms with Crippen molar-refractivity contribution in [3.05, 3.63) is 35.5 Å². The van der Waals surface area contributed by atoms with Gasteiger partial charge in [-0.3, -0.25) is 5.32 Å². The normalized spacial score (nSPS) is 20.4. The summed E-state index contributed by atoms with van der Waals surface area (Å²) >= 11 is 6.03. The van der Waals surface area contributed by atoms with Crippen molar-refractivity contribution in [2.24, 2.45) is 5.73 Å². The molecule has 4 rings (SSSR count). The van der Waals surface area contributed by atoms with E-state index in [1.807, 2.05) is 0 Å². The van der Waals surface area contributed by atoms with Crippen molar-refractivity contribution in [2.75, 3.05) is 18.4 Å². The van der Waals surface area contributed by atoms with Crippen LogP contribution in [0, 0.1) is 5.82 Å². The Morgan fingerprint density at radius 1 is 1.31 bits per heavy atom. The average Bonchev–Trinajstić information content (AvgIpc) is 3.05. The van der Waals surface area contributed by atoms with Crippen molar-refractivity contribution in [3.63, 3.8) is 0 Å². The highest BCUT2D eigenvalue weighted by Gasteiger charge is 2.27. The van der Waals surface area contributed by atoms with Gasteiger partial charge in [-0.05, 0) is 31.9 Å². The number of nitrogens with zero attached hydrogens (tertiary/aromatic N) is 3. The minimum atomic E-state index is -0.561. The van der Waals surface area contributed by atoms with Crippen LogP contribution in [0.3, 0.4) is 0 Å². The molecule has 26 heavy (non-hydrogen) atoms. The average molecular weight is 376 g/mol. The van der Waals surface area contributed by atoms with E-state index in [4.69, 9.17) is 17.3 Å². The summed E-state index contributed by atoms with van der Waals surface area (Å²) in [6.07, 6.45) is 7.41. The van der Waals surface area contributed by atoms with Gasteiger partial charge in [-0.15, -0.1) is 0 Å². The monoisotopic (exact) mass is 375 g/mol. The minimum absolute atomic E-state index is 0.122. The number of rotatable bonds is 4. The molecule has 3 aromatic rings. The number of hydrogen-bond acceptors (Lipinski definition) is 6. The summed E-state index contributed by atoms with van der Waals surface area (Å²) in [6.45, 7) is 1.24. The molecule has 0 unspecified atom stereocenters. The molecule has 0 radical (unpaired) electrons. The van der Waals surface area contributed by atoms with Crippen molar-refractivity contribution in [3.8, 4) is 11.4 Å². The lowest BCUT2D eigenvalue weighted by Gasteiger charge is -2.35. The second-order valence-electron chi connectivity index (χ2n) is 6.54. The zero-order chi connectivity index (χ0) is 18.1. The molecule has 0 aromatic carbocycles. The number of aromatic nitrogens is 4. The number of piperidine rings is 1. The number of halogens is 2. The van der Waals surface area contributed by atoms with Gasteiger partial charge in [0, 0.05) is 29.9 Å². The van der Waals surface area contributed by atoms with Crippen molar-refractivity contribution < 1.29 is 4.39 Å². The second kappa shape index (κ2) is 6.79. The molecule has 1 aliphatic heterocycles. The van der Waals surface area contributed by atoms with E-state index in [0.717, 1.165) is 37.4 Å².